The number of halogens is 1. The smallest absolute Gasteiger partial charge is 0.244 e. The number of thiophene rings is 1. The van der Waals surface area contributed by atoms with Crippen LogP contribution in [0.4, 0.5) is 0 Å². The first-order chi connectivity index (χ1) is 9.42. The second-order valence-electron chi connectivity index (χ2n) is 4.14. The fourth-order valence-electron chi connectivity index (χ4n) is 1.74. The van der Waals surface area contributed by atoms with Gasteiger partial charge in [-0.1, -0.05) is 0 Å². The Morgan fingerprint density at radius 3 is 2.75 bits per heavy atom. The topological polar surface area (TPSA) is 79.5 Å². The molecule has 2 aromatic rings. The highest BCUT2D eigenvalue weighted by atomic mass is 79.9. The van der Waals surface area contributed by atoms with E-state index in [0.717, 1.165) is 8.66 Å². The summed E-state index contributed by atoms with van der Waals surface area (Å²) >= 11 is 4.94. The van der Waals surface area contributed by atoms with Crippen molar-refractivity contribution in [1.82, 2.24) is 4.72 Å². The van der Waals surface area contributed by atoms with E-state index in [1.54, 1.807) is 18.3 Å². The van der Waals surface area contributed by atoms with Crippen molar-refractivity contribution in [2.75, 3.05) is 6.54 Å². The van der Waals surface area contributed by atoms with Gasteiger partial charge in [0, 0.05) is 17.5 Å². The number of aliphatic hydroxyl groups is 1. The lowest BCUT2D eigenvalue weighted by Gasteiger charge is -2.04. The third-order valence-electron chi connectivity index (χ3n) is 2.66. The van der Waals surface area contributed by atoms with Crippen molar-refractivity contribution in [3.05, 3.63) is 38.4 Å². The molecule has 2 N–H and O–H groups in total. The Morgan fingerprint density at radius 2 is 2.20 bits per heavy atom. The molecule has 0 aliphatic heterocycles. The number of hydrogen-bond acceptors (Lipinski definition) is 5. The maximum absolute atomic E-state index is 12.1. The molecule has 0 aliphatic rings. The summed E-state index contributed by atoms with van der Waals surface area (Å²) in [6.45, 7) is 1.55. The van der Waals surface area contributed by atoms with E-state index in [4.69, 9.17) is 9.52 Å². The zero-order valence-corrected chi connectivity index (χ0v) is 13.9. The van der Waals surface area contributed by atoms with Crippen LogP contribution < -0.4 is 4.72 Å². The molecule has 110 valence electrons. The second kappa shape index (κ2) is 6.40. The number of rotatable bonds is 6. The fraction of sp³-hybridized carbons (Fsp3) is 0.333. The van der Waals surface area contributed by atoms with E-state index in [1.165, 1.54) is 6.07 Å². The highest BCUT2D eigenvalue weighted by Crippen LogP contribution is 2.23. The van der Waals surface area contributed by atoms with Crippen molar-refractivity contribution in [1.29, 1.82) is 0 Å². The van der Waals surface area contributed by atoms with Gasteiger partial charge in [-0.15, -0.1) is 11.3 Å². The molecule has 0 fully saturated rings. The van der Waals surface area contributed by atoms with Gasteiger partial charge in [0.25, 0.3) is 0 Å². The highest BCUT2D eigenvalue weighted by molar-refractivity contribution is 9.11. The van der Waals surface area contributed by atoms with Crippen LogP contribution in [-0.2, 0) is 23.1 Å². The molecule has 0 radical (unpaired) electrons. The quantitative estimate of drug-likeness (QED) is 0.807. The van der Waals surface area contributed by atoms with Crippen LogP contribution in [0.3, 0.4) is 0 Å². The molecule has 2 heterocycles. The van der Waals surface area contributed by atoms with Gasteiger partial charge in [0.15, 0.2) is 0 Å². The van der Waals surface area contributed by atoms with Crippen molar-refractivity contribution in [2.45, 2.75) is 24.8 Å². The largest absolute Gasteiger partial charge is 0.462 e. The molecule has 2 aromatic heterocycles. The van der Waals surface area contributed by atoms with Crippen molar-refractivity contribution in [3.8, 4) is 0 Å². The van der Waals surface area contributed by atoms with Gasteiger partial charge in [-0.2, -0.15) is 0 Å². The van der Waals surface area contributed by atoms with Gasteiger partial charge in [0.05, 0.1) is 3.79 Å². The molecule has 0 amide bonds. The van der Waals surface area contributed by atoms with Crippen LogP contribution in [0.5, 0.6) is 0 Å². The lowest BCUT2D eigenvalue weighted by molar-refractivity contribution is 0.244. The van der Waals surface area contributed by atoms with E-state index in [1.807, 2.05) is 12.1 Å². The normalized spacial score (nSPS) is 11.9. The van der Waals surface area contributed by atoms with Gasteiger partial charge in [-0.05, 0) is 41.4 Å². The number of aliphatic hydroxyl groups excluding tert-OH is 1. The number of sulfonamides is 1. The number of aryl methyl sites for hydroxylation is 1. The molecular formula is C12H14BrNO4S2. The molecule has 0 aromatic carbocycles. The Labute approximate surface area is 129 Å². The summed E-state index contributed by atoms with van der Waals surface area (Å²) in [4.78, 5) is 1.17. The minimum Gasteiger partial charge on any atom is -0.462 e. The summed E-state index contributed by atoms with van der Waals surface area (Å²) in [5.41, 5.74) is 0. The van der Waals surface area contributed by atoms with Crippen molar-refractivity contribution in [2.24, 2.45) is 0 Å². The third-order valence-corrected chi connectivity index (χ3v) is 5.91. The predicted molar refractivity (Wildman–Crippen MR) is 80.3 cm³/mol. The van der Waals surface area contributed by atoms with Crippen LogP contribution in [0.2, 0.25) is 0 Å². The summed E-state index contributed by atoms with van der Waals surface area (Å²) in [6, 6.07) is 5.23. The lowest BCUT2D eigenvalue weighted by Crippen LogP contribution is -2.26. The SMILES string of the molecule is Cc1oc(CO)cc1S(=O)(=O)NCCc1ccc(Br)s1. The van der Waals surface area contributed by atoms with E-state index < -0.39 is 10.0 Å². The minimum absolute atomic E-state index is 0.0777. The Morgan fingerprint density at radius 1 is 1.45 bits per heavy atom. The molecule has 0 aliphatic carbocycles. The van der Waals surface area contributed by atoms with Crippen molar-refractivity contribution in [3.63, 3.8) is 0 Å². The van der Waals surface area contributed by atoms with E-state index >= 15 is 0 Å². The molecule has 0 saturated carbocycles. The molecule has 0 atom stereocenters. The third kappa shape index (κ3) is 3.70. The maximum atomic E-state index is 12.1. The van der Waals surface area contributed by atoms with Gasteiger partial charge in [0.1, 0.15) is 23.0 Å². The summed E-state index contributed by atoms with van der Waals surface area (Å²) in [7, 11) is -3.61. The fourth-order valence-corrected chi connectivity index (χ4v) is 4.46. The summed E-state index contributed by atoms with van der Waals surface area (Å²) < 4.78 is 32.9. The van der Waals surface area contributed by atoms with E-state index in [-0.39, 0.29) is 23.0 Å². The van der Waals surface area contributed by atoms with Crippen LogP contribution in [0.25, 0.3) is 0 Å². The van der Waals surface area contributed by atoms with Gasteiger partial charge >= 0.3 is 0 Å². The first kappa shape index (κ1) is 15.7. The number of nitrogens with one attached hydrogen (secondary N) is 1. The van der Waals surface area contributed by atoms with Crippen LogP contribution in [0.1, 0.15) is 16.4 Å². The van der Waals surface area contributed by atoms with E-state index in [2.05, 4.69) is 20.7 Å². The summed E-state index contributed by atoms with van der Waals surface area (Å²) in [5, 5.41) is 8.96. The molecular weight excluding hydrogens is 366 g/mol. The first-order valence-corrected chi connectivity index (χ1v) is 8.95. The first-order valence-electron chi connectivity index (χ1n) is 5.86. The monoisotopic (exact) mass is 379 g/mol. The van der Waals surface area contributed by atoms with E-state index in [0.29, 0.717) is 13.0 Å². The average molecular weight is 380 g/mol. The molecule has 5 nitrogen and oxygen atoms in total. The van der Waals surface area contributed by atoms with Crippen molar-refractivity contribution < 1.29 is 17.9 Å². The average Bonchev–Trinajstić information content (AvgIpc) is 2.95. The van der Waals surface area contributed by atoms with Crippen LogP contribution in [0, 0.1) is 6.92 Å². The Kier molecular flexibility index (Phi) is 5.03. The summed E-state index contributed by atoms with van der Waals surface area (Å²) in [5.74, 6) is 0.519. The van der Waals surface area contributed by atoms with E-state index in [9.17, 15) is 8.42 Å². The van der Waals surface area contributed by atoms with Gasteiger partial charge < -0.3 is 9.52 Å². The van der Waals surface area contributed by atoms with Crippen molar-refractivity contribution >= 4 is 37.3 Å². The van der Waals surface area contributed by atoms with Crippen LogP contribution >= 0.6 is 27.3 Å². The number of hydrogen-bond donors (Lipinski definition) is 2. The molecule has 20 heavy (non-hydrogen) atoms. The molecule has 0 unspecified atom stereocenters. The Bertz CT molecular complexity index is 690. The summed E-state index contributed by atoms with van der Waals surface area (Å²) in [6.07, 6.45) is 0.624. The predicted octanol–water partition coefficient (Wildman–Crippen LogP) is 2.43. The van der Waals surface area contributed by atoms with Gasteiger partial charge in [-0.25, -0.2) is 13.1 Å². The molecule has 8 heteroatoms. The van der Waals surface area contributed by atoms with Crippen LogP contribution in [0.15, 0.2) is 31.3 Å². The zero-order chi connectivity index (χ0) is 14.8. The number of furan rings is 1. The Hall–Kier alpha value is -0.670. The maximum Gasteiger partial charge on any atom is 0.244 e. The molecule has 0 spiro atoms. The lowest BCUT2D eigenvalue weighted by atomic mass is 10.3. The molecule has 0 bridgehead atoms. The minimum atomic E-state index is -3.61. The zero-order valence-electron chi connectivity index (χ0n) is 10.7. The van der Waals surface area contributed by atoms with Gasteiger partial charge in [0.2, 0.25) is 10.0 Å². The van der Waals surface area contributed by atoms with Gasteiger partial charge in [-0.3, -0.25) is 0 Å². The highest BCUT2D eigenvalue weighted by Gasteiger charge is 2.20. The Balaban J connectivity index is 2.01. The van der Waals surface area contributed by atoms with Crippen LogP contribution in [-0.4, -0.2) is 20.1 Å². The second-order valence-corrected chi connectivity index (χ2v) is 8.43. The molecule has 0 saturated heterocycles. The molecule has 2 rings (SSSR count). The standard InChI is InChI=1S/C12H14BrNO4S2/c1-8-11(6-9(7-15)18-8)20(16,17)14-5-4-10-2-3-12(13)19-10/h2-3,6,14-15H,4-5,7H2,1H3.